The Kier molecular flexibility index (Phi) is 8.99. The predicted molar refractivity (Wildman–Crippen MR) is 75.7 cm³/mol. The lowest BCUT2D eigenvalue weighted by Gasteiger charge is -2.02. The Balaban J connectivity index is 3.83. The second kappa shape index (κ2) is 9.45. The molecule has 0 saturated heterocycles. The molecule has 0 unspecified atom stereocenters. The summed E-state index contributed by atoms with van der Waals surface area (Å²) < 4.78 is 0. The van der Waals surface area contributed by atoms with Crippen LogP contribution in [0.15, 0.2) is 34.9 Å². The van der Waals surface area contributed by atoms with E-state index >= 15 is 0 Å². The molecule has 92 valence electrons. The highest BCUT2D eigenvalue weighted by Crippen LogP contribution is 2.13. The van der Waals surface area contributed by atoms with Crippen molar-refractivity contribution in [2.24, 2.45) is 0 Å². The maximum absolute atomic E-state index is 2.40. The Morgan fingerprint density at radius 1 is 0.938 bits per heavy atom. The van der Waals surface area contributed by atoms with Gasteiger partial charge in [0.2, 0.25) is 0 Å². The summed E-state index contributed by atoms with van der Waals surface area (Å²) >= 11 is 0. The topological polar surface area (TPSA) is 0 Å². The molecule has 0 atom stereocenters. The first kappa shape index (κ1) is 15.2. The van der Waals surface area contributed by atoms with Gasteiger partial charge in [-0.2, -0.15) is 0 Å². The minimum atomic E-state index is 1.19. The first-order valence-electron chi connectivity index (χ1n) is 6.53. The van der Waals surface area contributed by atoms with Gasteiger partial charge in [0.1, 0.15) is 0 Å². The van der Waals surface area contributed by atoms with E-state index in [1.807, 2.05) is 0 Å². The van der Waals surface area contributed by atoms with Crippen molar-refractivity contribution in [1.29, 1.82) is 0 Å². The highest BCUT2D eigenvalue weighted by atomic mass is 14.0. The monoisotopic (exact) mass is 220 g/mol. The van der Waals surface area contributed by atoms with Crippen LogP contribution in [-0.2, 0) is 0 Å². The number of rotatable bonds is 7. The van der Waals surface area contributed by atoms with Crippen molar-refractivity contribution in [3.63, 3.8) is 0 Å². The van der Waals surface area contributed by atoms with Crippen LogP contribution in [0.4, 0.5) is 0 Å². The largest absolute Gasteiger partial charge is 0.0885 e. The van der Waals surface area contributed by atoms with E-state index in [2.05, 4.69) is 52.8 Å². The lowest BCUT2D eigenvalue weighted by atomic mass is 10.0. The van der Waals surface area contributed by atoms with Gasteiger partial charge in [0.15, 0.2) is 0 Å². The summed E-state index contributed by atoms with van der Waals surface area (Å²) in [5.41, 5.74) is 4.53. The summed E-state index contributed by atoms with van der Waals surface area (Å²) in [4.78, 5) is 0. The first-order chi connectivity index (χ1) is 7.60. The Labute approximate surface area is 102 Å². The molecular formula is C16H28. The Bertz CT molecular complexity index is 260. The molecule has 0 N–H and O–H groups in total. The molecule has 0 aliphatic carbocycles. The fourth-order valence-corrected chi connectivity index (χ4v) is 1.72. The SMILES string of the molecule is C/C=C(\CC)CC/C=C(\C)CCC=C(C)C. The molecule has 0 rings (SSSR count). The number of hydrogen-bond acceptors (Lipinski definition) is 0. The first-order valence-corrected chi connectivity index (χ1v) is 6.53. The highest BCUT2D eigenvalue weighted by molar-refractivity contribution is 5.05. The van der Waals surface area contributed by atoms with E-state index in [1.54, 1.807) is 5.57 Å². The number of hydrogen-bond donors (Lipinski definition) is 0. The van der Waals surface area contributed by atoms with Crippen LogP contribution in [0.1, 0.15) is 66.7 Å². The van der Waals surface area contributed by atoms with Crippen LogP contribution >= 0.6 is 0 Å². The maximum atomic E-state index is 2.40. The zero-order chi connectivity index (χ0) is 12.4. The summed E-state index contributed by atoms with van der Waals surface area (Å²) in [6.07, 6.45) is 13.0. The normalized spacial score (nSPS) is 12.8. The fourth-order valence-electron chi connectivity index (χ4n) is 1.72. The Morgan fingerprint density at radius 2 is 1.56 bits per heavy atom. The van der Waals surface area contributed by atoms with E-state index in [9.17, 15) is 0 Å². The minimum Gasteiger partial charge on any atom is -0.0885 e. The quantitative estimate of drug-likeness (QED) is 0.474. The molecule has 0 amide bonds. The van der Waals surface area contributed by atoms with E-state index in [1.165, 1.54) is 43.3 Å². The van der Waals surface area contributed by atoms with Gasteiger partial charge in [0.05, 0.1) is 0 Å². The summed E-state index contributed by atoms with van der Waals surface area (Å²) in [6, 6.07) is 0. The van der Waals surface area contributed by atoms with E-state index in [0.29, 0.717) is 0 Å². The molecule has 0 aliphatic rings. The summed E-state index contributed by atoms with van der Waals surface area (Å²) in [7, 11) is 0. The Morgan fingerprint density at radius 3 is 2.06 bits per heavy atom. The van der Waals surface area contributed by atoms with Crippen LogP contribution in [-0.4, -0.2) is 0 Å². The van der Waals surface area contributed by atoms with Crippen LogP contribution in [0.2, 0.25) is 0 Å². The zero-order valence-corrected chi connectivity index (χ0v) is 11.8. The van der Waals surface area contributed by atoms with Crippen molar-refractivity contribution >= 4 is 0 Å². The van der Waals surface area contributed by atoms with Crippen LogP contribution < -0.4 is 0 Å². The van der Waals surface area contributed by atoms with Crippen molar-refractivity contribution < 1.29 is 0 Å². The van der Waals surface area contributed by atoms with Crippen LogP contribution in [0.3, 0.4) is 0 Å². The minimum absolute atomic E-state index is 1.19. The molecule has 0 aliphatic heterocycles. The molecule has 0 fully saturated rings. The molecule has 16 heavy (non-hydrogen) atoms. The second-order valence-corrected chi connectivity index (χ2v) is 4.71. The van der Waals surface area contributed by atoms with Gasteiger partial charge in [-0.05, 0) is 59.8 Å². The standard InChI is InChI=1S/C16H28/c1-6-16(7-2)13-9-12-15(5)11-8-10-14(3)4/h6,10,12H,7-9,11,13H2,1-5H3/b15-12+,16-6+. The molecule has 0 saturated carbocycles. The zero-order valence-electron chi connectivity index (χ0n) is 11.8. The van der Waals surface area contributed by atoms with Gasteiger partial charge in [0.25, 0.3) is 0 Å². The average Bonchev–Trinajstić information content (AvgIpc) is 2.24. The van der Waals surface area contributed by atoms with Gasteiger partial charge in [-0.25, -0.2) is 0 Å². The smallest absolute Gasteiger partial charge is 0.0286 e. The van der Waals surface area contributed by atoms with E-state index < -0.39 is 0 Å². The van der Waals surface area contributed by atoms with Crippen LogP contribution in [0.5, 0.6) is 0 Å². The third kappa shape index (κ3) is 8.52. The molecule has 0 nitrogen and oxygen atoms in total. The van der Waals surface area contributed by atoms with E-state index in [0.717, 1.165) is 0 Å². The van der Waals surface area contributed by atoms with Gasteiger partial charge in [-0.3, -0.25) is 0 Å². The third-order valence-corrected chi connectivity index (χ3v) is 2.91. The molecule has 0 heteroatoms. The lowest BCUT2D eigenvalue weighted by Crippen LogP contribution is -1.82. The molecule has 0 spiro atoms. The average molecular weight is 220 g/mol. The summed E-state index contributed by atoms with van der Waals surface area (Å²) in [5.74, 6) is 0. The predicted octanol–water partition coefficient (Wildman–Crippen LogP) is 5.82. The summed E-state index contributed by atoms with van der Waals surface area (Å²) in [5, 5.41) is 0. The van der Waals surface area contributed by atoms with Gasteiger partial charge in [-0.15, -0.1) is 0 Å². The van der Waals surface area contributed by atoms with Crippen molar-refractivity contribution in [2.75, 3.05) is 0 Å². The molecule has 0 aromatic rings. The molecular weight excluding hydrogens is 192 g/mol. The Hall–Kier alpha value is -0.780. The molecule has 0 radical (unpaired) electrons. The molecule has 0 aromatic carbocycles. The second-order valence-electron chi connectivity index (χ2n) is 4.71. The molecule has 0 heterocycles. The van der Waals surface area contributed by atoms with Crippen molar-refractivity contribution in [1.82, 2.24) is 0 Å². The van der Waals surface area contributed by atoms with Crippen LogP contribution in [0, 0.1) is 0 Å². The third-order valence-electron chi connectivity index (χ3n) is 2.91. The fraction of sp³-hybridized carbons (Fsp3) is 0.625. The molecule has 0 aromatic heterocycles. The van der Waals surface area contributed by atoms with Crippen molar-refractivity contribution in [2.45, 2.75) is 66.7 Å². The van der Waals surface area contributed by atoms with E-state index in [4.69, 9.17) is 0 Å². The van der Waals surface area contributed by atoms with Gasteiger partial charge in [-0.1, -0.05) is 41.9 Å². The lowest BCUT2D eigenvalue weighted by molar-refractivity contribution is 0.882. The van der Waals surface area contributed by atoms with Crippen LogP contribution in [0.25, 0.3) is 0 Å². The van der Waals surface area contributed by atoms with E-state index in [-0.39, 0.29) is 0 Å². The van der Waals surface area contributed by atoms with Gasteiger partial charge >= 0.3 is 0 Å². The number of allylic oxidation sites excluding steroid dienone is 6. The molecule has 0 bridgehead atoms. The maximum Gasteiger partial charge on any atom is -0.0286 e. The summed E-state index contributed by atoms with van der Waals surface area (Å²) in [6.45, 7) is 11.0. The highest BCUT2D eigenvalue weighted by Gasteiger charge is 1.92. The van der Waals surface area contributed by atoms with Crippen molar-refractivity contribution in [3.05, 3.63) is 34.9 Å². The van der Waals surface area contributed by atoms with Crippen molar-refractivity contribution in [3.8, 4) is 0 Å². The van der Waals surface area contributed by atoms with Gasteiger partial charge < -0.3 is 0 Å². The van der Waals surface area contributed by atoms with Gasteiger partial charge in [0, 0.05) is 0 Å².